The summed E-state index contributed by atoms with van der Waals surface area (Å²) in [4.78, 5) is 4.48. The van der Waals surface area contributed by atoms with Crippen LogP contribution in [0.5, 0.6) is 0 Å². The van der Waals surface area contributed by atoms with Gasteiger partial charge in [-0.05, 0) is 31.4 Å². The summed E-state index contributed by atoms with van der Waals surface area (Å²) in [6.07, 6.45) is 11.1. The predicted molar refractivity (Wildman–Crippen MR) is 83.3 cm³/mol. The molecule has 108 valence electrons. The molecule has 2 nitrogen and oxygen atoms in total. The van der Waals surface area contributed by atoms with Gasteiger partial charge in [0, 0.05) is 18.8 Å². The summed E-state index contributed by atoms with van der Waals surface area (Å²) in [5, 5.41) is 3.60. The molecule has 1 aromatic rings. The molecular weight excluding hydrogens is 232 g/mol. The van der Waals surface area contributed by atoms with Crippen molar-refractivity contribution in [1.82, 2.24) is 10.3 Å². The first-order valence-electron chi connectivity index (χ1n) is 7.94. The molecule has 1 rings (SSSR count). The molecule has 1 heterocycles. The summed E-state index contributed by atoms with van der Waals surface area (Å²) in [7, 11) is 0. The minimum Gasteiger partial charge on any atom is -0.309 e. The SMILES string of the molecule is CCCCCCCC(C)NCc1ncccc1CC. The quantitative estimate of drug-likeness (QED) is 0.629. The number of aryl methyl sites for hydroxylation is 1. The van der Waals surface area contributed by atoms with Crippen LogP contribution < -0.4 is 5.32 Å². The molecule has 0 aromatic carbocycles. The third-order valence-corrected chi connectivity index (χ3v) is 3.72. The molecule has 1 aromatic heterocycles. The highest BCUT2D eigenvalue weighted by Gasteiger charge is 2.04. The highest BCUT2D eigenvalue weighted by molar-refractivity contribution is 5.19. The molecule has 1 unspecified atom stereocenters. The fourth-order valence-corrected chi connectivity index (χ4v) is 2.38. The number of rotatable bonds is 10. The minimum absolute atomic E-state index is 0.591. The maximum absolute atomic E-state index is 4.48. The monoisotopic (exact) mass is 262 g/mol. The van der Waals surface area contributed by atoms with Crippen molar-refractivity contribution in [2.45, 2.75) is 78.3 Å². The van der Waals surface area contributed by atoms with Crippen molar-refractivity contribution in [3.8, 4) is 0 Å². The molecule has 2 heteroatoms. The third kappa shape index (κ3) is 6.72. The zero-order valence-corrected chi connectivity index (χ0v) is 12.9. The Morgan fingerprint density at radius 2 is 1.95 bits per heavy atom. The van der Waals surface area contributed by atoms with Crippen LogP contribution in [0.1, 0.15) is 70.6 Å². The summed E-state index contributed by atoms with van der Waals surface area (Å²) in [5.74, 6) is 0. The van der Waals surface area contributed by atoms with Crippen molar-refractivity contribution in [2.75, 3.05) is 0 Å². The maximum atomic E-state index is 4.48. The second-order valence-electron chi connectivity index (χ2n) is 5.45. The van der Waals surface area contributed by atoms with Crippen molar-refractivity contribution in [3.05, 3.63) is 29.6 Å². The van der Waals surface area contributed by atoms with E-state index in [4.69, 9.17) is 0 Å². The summed E-state index contributed by atoms with van der Waals surface area (Å²) < 4.78 is 0. The van der Waals surface area contributed by atoms with Crippen LogP contribution in [0.3, 0.4) is 0 Å². The van der Waals surface area contributed by atoms with Crippen molar-refractivity contribution < 1.29 is 0 Å². The fourth-order valence-electron chi connectivity index (χ4n) is 2.38. The van der Waals surface area contributed by atoms with Crippen molar-refractivity contribution in [3.63, 3.8) is 0 Å². The highest BCUT2D eigenvalue weighted by atomic mass is 14.9. The lowest BCUT2D eigenvalue weighted by molar-refractivity contribution is 0.476. The molecule has 0 aliphatic rings. The second-order valence-corrected chi connectivity index (χ2v) is 5.45. The molecule has 1 N–H and O–H groups in total. The molecule has 0 aliphatic carbocycles. The number of hydrogen-bond donors (Lipinski definition) is 1. The van der Waals surface area contributed by atoms with Gasteiger partial charge in [-0.15, -0.1) is 0 Å². The van der Waals surface area contributed by atoms with E-state index in [0.29, 0.717) is 6.04 Å². The first-order valence-corrected chi connectivity index (χ1v) is 7.94. The summed E-state index contributed by atoms with van der Waals surface area (Å²) in [6.45, 7) is 7.65. The van der Waals surface area contributed by atoms with E-state index in [0.717, 1.165) is 13.0 Å². The molecule has 0 aliphatic heterocycles. The standard InChI is InChI=1S/C17H30N2/c1-4-6-7-8-9-11-15(3)19-14-17-16(5-2)12-10-13-18-17/h10,12-13,15,19H,4-9,11,14H2,1-3H3. The van der Waals surface area contributed by atoms with Crippen LogP contribution in [0.15, 0.2) is 18.3 Å². The Hall–Kier alpha value is -0.890. The lowest BCUT2D eigenvalue weighted by Gasteiger charge is -2.14. The molecule has 0 bridgehead atoms. The lowest BCUT2D eigenvalue weighted by atomic mass is 10.1. The molecule has 0 saturated carbocycles. The first kappa shape index (κ1) is 16.2. The van der Waals surface area contributed by atoms with Gasteiger partial charge in [0.15, 0.2) is 0 Å². The van der Waals surface area contributed by atoms with Crippen molar-refractivity contribution >= 4 is 0 Å². The van der Waals surface area contributed by atoms with E-state index in [1.54, 1.807) is 0 Å². The van der Waals surface area contributed by atoms with Gasteiger partial charge in [-0.2, -0.15) is 0 Å². The largest absolute Gasteiger partial charge is 0.309 e. The van der Waals surface area contributed by atoms with Gasteiger partial charge in [-0.25, -0.2) is 0 Å². The van der Waals surface area contributed by atoms with Crippen LogP contribution in [0.4, 0.5) is 0 Å². The average molecular weight is 262 g/mol. The van der Waals surface area contributed by atoms with Gasteiger partial charge in [0.1, 0.15) is 0 Å². The van der Waals surface area contributed by atoms with Crippen molar-refractivity contribution in [2.24, 2.45) is 0 Å². The molecule has 0 fully saturated rings. The summed E-state index contributed by atoms with van der Waals surface area (Å²) >= 11 is 0. The van der Waals surface area contributed by atoms with Crippen LogP contribution in [-0.2, 0) is 13.0 Å². The minimum atomic E-state index is 0.591. The topological polar surface area (TPSA) is 24.9 Å². The zero-order valence-electron chi connectivity index (χ0n) is 12.9. The van der Waals surface area contributed by atoms with Crippen LogP contribution in [-0.4, -0.2) is 11.0 Å². The molecule has 1 atom stereocenters. The van der Waals surface area contributed by atoms with Gasteiger partial charge < -0.3 is 5.32 Å². The Kier molecular flexibility index (Phi) is 8.48. The van der Waals surface area contributed by atoms with E-state index in [2.05, 4.69) is 37.1 Å². The van der Waals surface area contributed by atoms with Crippen LogP contribution in [0.25, 0.3) is 0 Å². The summed E-state index contributed by atoms with van der Waals surface area (Å²) in [5.41, 5.74) is 2.58. The van der Waals surface area contributed by atoms with Gasteiger partial charge in [0.25, 0.3) is 0 Å². The number of nitrogens with one attached hydrogen (secondary N) is 1. The lowest BCUT2D eigenvalue weighted by Crippen LogP contribution is -2.26. The van der Waals surface area contributed by atoms with Crippen LogP contribution in [0, 0.1) is 0 Å². The third-order valence-electron chi connectivity index (χ3n) is 3.72. The average Bonchev–Trinajstić information content (AvgIpc) is 2.45. The highest BCUT2D eigenvalue weighted by Crippen LogP contribution is 2.09. The molecule has 19 heavy (non-hydrogen) atoms. The Morgan fingerprint density at radius 1 is 1.16 bits per heavy atom. The van der Waals surface area contributed by atoms with E-state index < -0.39 is 0 Å². The van der Waals surface area contributed by atoms with E-state index in [9.17, 15) is 0 Å². The Bertz CT molecular complexity index is 336. The van der Waals surface area contributed by atoms with E-state index in [1.807, 2.05) is 12.3 Å². The number of nitrogens with zero attached hydrogens (tertiary/aromatic N) is 1. The normalized spacial score (nSPS) is 12.6. The molecule has 0 saturated heterocycles. The van der Waals surface area contributed by atoms with Gasteiger partial charge >= 0.3 is 0 Å². The summed E-state index contributed by atoms with van der Waals surface area (Å²) in [6, 6.07) is 4.80. The van der Waals surface area contributed by atoms with Gasteiger partial charge in [-0.1, -0.05) is 52.0 Å². The zero-order chi connectivity index (χ0) is 13.9. The number of pyridine rings is 1. The number of hydrogen-bond acceptors (Lipinski definition) is 2. The second kappa shape index (κ2) is 9.96. The number of unbranched alkanes of at least 4 members (excludes halogenated alkanes) is 4. The Morgan fingerprint density at radius 3 is 2.68 bits per heavy atom. The van der Waals surface area contributed by atoms with Gasteiger partial charge in [-0.3, -0.25) is 4.98 Å². The molecule has 0 spiro atoms. The first-order chi connectivity index (χ1) is 9.27. The smallest absolute Gasteiger partial charge is 0.0573 e. The Labute approximate surface area is 119 Å². The Balaban J connectivity index is 2.20. The van der Waals surface area contributed by atoms with Crippen LogP contribution >= 0.6 is 0 Å². The molecule has 0 radical (unpaired) electrons. The van der Waals surface area contributed by atoms with Crippen LogP contribution in [0.2, 0.25) is 0 Å². The molecule has 0 amide bonds. The van der Waals surface area contributed by atoms with E-state index >= 15 is 0 Å². The van der Waals surface area contributed by atoms with E-state index in [1.165, 1.54) is 49.8 Å². The number of aromatic nitrogens is 1. The predicted octanol–water partition coefficient (Wildman–Crippen LogP) is 4.48. The van der Waals surface area contributed by atoms with Crippen molar-refractivity contribution in [1.29, 1.82) is 0 Å². The van der Waals surface area contributed by atoms with Gasteiger partial charge in [0.2, 0.25) is 0 Å². The fraction of sp³-hybridized carbons (Fsp3) is 0.706. The maximum Gasteiger partial charge on any atom is 0.0573 e. The van der Waals surface area contributed by atoms with Gasteiger partial charge in [0.05, 0.1) is 5.69 Å². The van der Waals surface area contributed by atoms with E-state index in [-0.39, 0.29) is 0 Å². The molecular formula is C17H30N2.